The van der Waals surface area contributed by atoms with Crippen molar-refractivity contribution in [2.75, 3.05) is 0 Å². The van der Waals surface area contributed by atoms with E-state index < -0.39 is 5.78 Å². The highest BCUT2D eigenvalue weighted by Gasteiger charge is 2.23. The molecule has 0 saturated carbocycles. The summed E-state index contributed by atoms with van der Waals surface area (Å²) in [5.74, 6) is -0.616. The average Bonchev–Trinajstić information content (AvgIpc) is 2.42. The fourth-order valence-electron chi connectivity index (χ4n) is 1.87. The van der Waals surface area contributed by atoms with Crippen LogP contribution in [0.5, 0.6) is 5.75 Å². The molecule has 0 spiro atoms. The van der Waals surface area contributed by atoms with Gasteiger partial charge in [0.15, 0.2) is 5.75 Å². The second-order valence-corrected chi connectivity index (χ2v) is 5.52. The number of aromatic hydroxyl groups is 1. The van der Waals surface area contributed by atoms with Crippen LogP contribution in [0.3, 0.4) is 0 Å². The Morgan fingerprint density at radius 2 is 1.81 bits per heavy atom. The molecular formula is C14H11Cl3N2O2. The molecule has 7 heteroatoms. The van der Waals surface area contributed by atoms with E-state index in [0.29, 0.717) is 23.4 Å². The first-order valence-corrected chi connectivity index (χ1v) is 7.16. The second kappa shape index (κ2) is 6.10. The van der Waals surface area contributed by atoms with Crippen molar-refractivity contribution in [2.45, 2.75) is 13.3 Å². The van der Waals surface area contributed by atoms with Crippen LogP contribution in [0.25, 0.3) is 0 Å². The first-order valence-electron chi connectivity index (χ1n) is 6.02. The van der Waals surface area contributed by atoms with Crippen LogP contribution < -0.4 is 5.73 Å². The summed E-state index contributed by atoms with van der Waals surface area (Å²) >= 11 is 17.7. The highest BCUT2D eigenvalue weighted by molar-refractivity contribution is 6.49. The molecule has 0 heterocycles. The molecule has 0 fully saturated rings. The Morgan fingerprint density at radius 3 is 2.33 bits per heavy atom. The number of aliphatic imine (C=N–C) groups is 1. The zero-order valence-electron chi connectivity index (χ0n) is 11.0. The SMILES string of the molecule is CCC1=C(Cl)C(=O)C(N)=CC1=Nc1cc(Cl)c(O)c(Cl)c1. The van der Waals surface area contributed by atoms with Gasteiger partial charge in [0.2, 0.25) is 5.78 Å². The highest BCUT2D eigenvalue weighted by atomic mass is 35.5. The van der Waals surface area contributed by atoms with Gasteiger partial charge in [-0.25, -0.2) is 4.99 Å². The van der Waals surface area contributed by atoms with Crippen molar-refractivity contribution in [3.05, 3.63) is 44.6 Å². The maximum absolute atomic E-state index is 11.7. The summed E-state index contributed by atoms with van der Waals surface area (Å²) in [4.78, 5) is 16.1. The number of hydrogen-bond donors (Lipinski definition) is 2. The van der Waals surface area contributed by atoms with Crippen LogP contribution in [0.4, 0.5) is 5.69 Å². The minimum atomic E-state index is -0.408. The standard InChI is InChI=1S/C14H11Cl3N2O2/c1-2-7-11(5-10(18)14(21)12(7)17)19-6-3-8(15)13(20)9(16)4-6/h3-5,20H,2,18H2,1H3. The monoisotopic (exact) mass is 344 g/mol. The summed E-state index contributed by atoms with van der Waals surface area (Å²) in [5, 5.41) is 9.76. The fourth-order valence-corrected chi connectivity index (χ4v) is 2.68. The van der Waals surface area contributed by atoms with Gasteiger partial charge in [0.1, 0.15) is 0 Å². The zero-order chi connectivity index (χ0) is 15.7. The summed E-state index contributed by atoms with van der Waals surface area (Å²) in [6.07, 6.45) is 1.98. The Kier molecular flexibility index (Phi) is 4.61. The number of carbonyl (C=O) groups is 1. The normalized spacial score (nSPS) is 17.4. The van der Waals surface area contributed by atoms with Gasteiger partial charge < -0.3 is 10.8 Å². The van der Waals surface area contributed by atoms with Crippen LogP contribution in [0.2, 0.25) is 10.0 Å². The zero-order valence-corrected chi connectivity index (χ0v) is 13.2. The first-order chi connectivity index (χ1) is 9.85. The second-order valence-electron chi connectivity index (χ2n) is 4.33. The first kappa shape index (κ1) is 15.9. The number of allylic oxidation sites excluding steroid dienone is 3. The maximum atomic E-state index is 11.7. The smallest absolute Gasteiger partial charge is 0.220 e. The van der Waals surface area contributed by atoms with E-state index in [1.165, 1.54) is 18.2 Å². The number of Topliss-reactive ketones (excluding diaryl/α,β-unsaturated/α-hetero) is 1. The molecule has 0 bridgehead atoms. The lowest BCUT2D eigenvalue weighted by Crippen LogP contribution is -2.21. The van der Waals surface area contributed by atoms with Crippen molar-refractivity contribution >= 4 is 52.0 Å². The van der Waals surface area contributed by atoms with Gasteiger partial charge in [-0.1, -0.05) is 41.7 Å². The number of carbonyl (C=O) groups excluding carboxylic acids is 1. The molecule has 1 aromatic carbocycles. The van der Waals surface area contributed by atoms with Crippen molar-refractivity contribution in [3.63, 3.8) is 0 Å². The van der Waals surface area contributed by atoms with E-state index >= 15 is 0 Å². The largest absolute Gasteiger partial charge is 0.505 e. The molecular weight excluding hydrogens is 335 g/mol. The molecule has 2 rings (SSSR count). The lowest BCUT2D eigenvalue weighted by Gasteiger charge is -2.15. The molecule has 1 aromatic rings. The predicted molar refractivity (Wildman–Crippen MR) is 85.7 cm³/mol. The Balaban J connectivity index is 2.56. The summed E-state index contributed by atoms with van der Waals surface area (Å²) < 4.78 is 0. The summed E-state index contributed by atoms with van der Waals surface area (Å²) in [7, 11) is 0. The van der Waals surface area contributed by atoms with Gasteiger partial charge >= 0.3 is 0 Å². The Hall–Kier alpha value is -1.49. The third-order valence-corrected chi connectivity index (χ3v) is 3.91. The van der Waals surface area contributed by atoms with Gasteiger partial charge in [0, 0.05) is 5.57 Å². The lowest BCUT2D eigenvalue weighted by atomic mass is 9.98. The Labute approximate surface area is 136 Å². The van der Waals surface area contributed by atoms with Crippen LogP contribution in [-0.2, 0) is 4.79 Å². The number of halogens is 3. The van der Waals surface area contributed by atoms with Gasteiger partial charge in [0.25, 0.3) is 0 Å². The van der Waals surface area contributed by atoms with E-state index in [1.54, 1.807) is 0 Å². The van der Waals surface area contributed by atoms with E-state index in [2.05, 4.69) is 4.99 Å². The third kappa shape index (κ3) is 3.07. The third-order valence-electron chi connectivity index (χ3n) is 2.93. The number of benzene rings is 1. The number of hydrogen-bond acceptors (Lipinski definition) is 4. The van der Waals surface area contributed by atoms with Crippen LogP contribution in [-0.4, -0.2) is 16.6 Å². The number of nitrogens with two attached hydrogens (primary N) is 1. The topological polar surface area (TPSA) is 75.7 Å². The van der Waals surface area contributed by atoms with Crippen LogP contribution in [0.1, 0.15) is 13.3 Å². The van der Waals surface area contributed by atoms with Crippen molar-refractivity contribution in [2.24, 2.45) is 10.7 Å². The number of rotatable bonds is 2. The Bertz CT molecular complexity index is 698. The lowest BCUT2D eigenvalue weighted by molar-refractivity contribution is -0.111. The highest BCUT2D eigenvalue weighted by Crippen LogP contribution is 2.36. The molecule has 3 N–H and O–H groups in total. The van der Waals surface area contributed by atoms with E-state index in [1.807, 2.05) is 6.92 Å². The molecule has 110 valence electrons. The van der Waals surface area contributed by atoms with Crippen LogP contribution in [0.15, 0.2) is 39.5 Å². The molecule has 0 atom stereocenters. The molecule has 21 heavy (non-hydrogen) atoms. The van der Waals surface area contributed by atoms with Gasteiger partial charge in [-0.3, -0.25) is 4.79 Å². The van der Waals surface area contributed by atoms with Crippen LogP contribution in [0, 0.1) is 0 Å². The van der Waals surface area contributed by atoms with Crippen LogP contribution >= 0.6 is 34.8 Å². The van der Waals surface area contributed by atoms with E-state index in [4.69, 9.17) is 40.5 Å². The fraction of sp³-hybridized carbons (Fsp3) is 0.143. The van der Waals surface area contributed by atoms with E-state index in [-0.39, 0.29) is 26.5 Å². The predicted octanol–water partition coefficient (Wildman–Crippen LogP) is 4.10. The summed E-state index contributed by atoms with van der Waals surface area (Å²) in [6.45, 7) is 1.85. The molecule has 0 radical (unpaired) electrons. The number of nitrogens with zero attached hydrogens (tertiary/aromatic N) is 1. The van der Waals surface area contributed by atoms with E-state index in [0.717, 1.165) is 0 Å². The number of phenols is 1. The van der Waals surface area contributed by atoms with Gasteiger partial charge in [-0.15, -0.1) is 0 Å². The number of ketones is 1. The maximum Gasteiger partial charge on any atom is 0.220 e. The molecule has 4 nitrogen and oxygen atoms in total. The molecule has 0 saturated heterocycles. The molecule has 0 unspecified atom stereocenters. The quantitative estimate of drug-likeness (QED) is 0.792. The Morgan fingerprint density at radius 1 is 1.24 bits per heavy atom. The van der Waals surface area contributed by atoms with E-state index in [9.17, 15) is 9.90 Å². The molecule has 1 aliphatic rings. The summed E-state index contributed by atoms with van der Waals surface area (Å²) in [5.41, 5.74) is 7.14. The molecule has 0 aliphatic heterocycles. The van der Waals surface area contributed by atoms with Crippen molar-refractivity contribution < 1.29 is 9.90 Å². The van der Waals surface area contributed by atoms with Crippen molar-refractivity contribution in [1.82, 2.24) is 0 Å². The van der Waals surface area contributed by atoms with Gasteiger partial charge in [-0.2, -0.15) is 0 Å². The molecule has 0 amide bonds. The minimum Gasteiger partial charge on any atom is -0.505 e. The minimum absolute atomic E-state index is 0.0203. The number of phenolic OH excluding ortho intramolecular Hbond substituents is 1. The average molecular weight is 346 g/mol. The summed E-state index contributed by atoms with van der Waals surface area (Å²) in [6, 6.07) is 2.91. The van der Waals surface area contributed by atoms with Crippen molar-refractivity contribution in [1.29, 1.82) is 0 Å². The van der Waals surface area contributed by atoms with Gasteiger partial charge in [0.05, 0.1) is 32.2 Å². The molecule has 0 aromatic heterocycles. The van der Waals surface area contributed by atoms with Crippen molar-refractivity contribution in [3.8, 4) is 5.75 Å². The van der Waals surface area contributed by atoms with Gasteiger partial charge in [-0.05, 0) is 24.6 Å². The molecule has 1 aliphatic carbocycles.